The lowest BCUT2D eigenvalue weighted by Gasteiger charge is -2.36. The molecule has 0 atom stereocenters. The maximum Gasteiger partial charge on any atom is 0.119 e. The molecule has 2 heteroatoms. The van der Waals surface area contributed by atoms with Crippen LogP contribution in [0.2, 0.25) is 0 Å². The van der Waals surface area contributed by atoms with Crippen LogP contribution in [0.5, 0.6) is 5.75 Å². The molecule has 0 aliphatic heterocycles. The van der Waals surface area contributed by atoms with E-state index in [-0.39, 0.29) is 5.41 Å². The van der Waals surface area contributed by atoms with Gasteiger partial charge in [-0.15, -0.1) is 0 Å². The summed E-state index contributed by atoms with van der Waals surface area (Å²) in [6.45, 7) is 3.68. The molecule has 1 aromatic carbocycles. The van der Waals surface area contributed by atoms with Gasteiger partial charge in [0.1, 0.15) is 5.75 Å². The molecular weight excluding hydrogens is 222 g/mol. The second kappa shape index (κ2) is 6.24. The summed E-state index contributed by atoms with van der Waals surface area (Å²) < 4.78 is 5.63. The molecule has 0 unspecified atom stereocenters. The van der Waals surface area contributed by atoms with Gasteiger partial charge in [0.25, 0.3) is 0 Å². The molecule has 2 rings (SSSR count). The molecular formula is C16H25NO. The molecule has 0 saturated heterocycles. The Hall–Kier alpha value is -1.02. The van der Waals surface area contributed by atoms with Crippen molar-refractivity contribution < 1.29 is 4.74 Å². The first-order valence-corrected chi connectivity index (χ1v) is 7.24. The fourth-order valence-corrected chi connectivity index (χ4v) is 2.96. The summed E-state index contributed by atoms with van der Waals surface area (Å²) in [7, 11) is 0. The maximum absolute atomic E-state index is 6.06. The van der Waals surface area contributed by atoms with E-state index in [1.54, 1.807) is 0 Å². The van der Waals surface area contributed by atoms with Crippen LogP contribution >= 0.6 is 0 Å². The molecule has 1 aliphatic rings. The molecule has 18 heavy (non-hydrogen) atoms. The van der Waals surface area contributed by atoms with Crippen molar-refractivity contribution in [3.8, 4) is 5.75 Å². The molecule has 0 amide bonds. The number of benzene rings is 1. The maximum atomic E-state index is 6.06. The van der Waals surface area contributed by atoms with E-state index in [1.165, 1.54) is 37.7 Å². The molecule has 1 saturated carbocycles. The Morgan fingerprint density at radius 3 is 2.33 bits per heavy atom. The summed E-state index contributed by atoms with van der Waals surface area (Å²) in [4.78, 5) is 0. The van der Waals surface area contributed by atoms with Crippen LogP contribution in [0, 0.1) is 0 Å². The minimum absolute atomic E-state index is 0.224. The fraction of sp³-hybridized carbons (Fsp3) is 0.625. The second-order valence-electron chi connectivity index (χ2n) is 5.42. The quantitative estimate of drug-likeness (QED) is 0.862. The van der Waals surface area contributed by atoms with Crippen molar-refractivity contribution in [2.45, 2.75) is 50.9 Å². The van der Waals surface area contributed by atoms with Crippen LogP contribution in [0.3, 0.4) is 0 Å². The van der Waals surface area contributed by atoms with E-state index >= 15 is 0 Å². The summed E-state index contributed by atoms with van der Waals surface area (Å²) in [5, 5.41) is 0. The van der Waals surface area contributed by atoms with Crippen LogP contribution in [0.25, 0.3) is 0 Å². The van der Waals surface area contributed by atoms with E-state index in [0.29, 0.717) is 0 Å². The highest BCUT2D eigenvalue weighted by Crippen LogP contribution is 2.39. The highest BCUT2D eigenvalue weighted by Gasteiger charge is 2.32. The lowest BCUT2D eigenvalue weighted by atomic mass is 9.69. The predicted molar refractivity (Wildman–Crippen MR) is 76.0 cm³/mol. The van der Waals surface area contributed by atoms with Gasteiger partial charge >= 0.3 is 0 Å². The Morgan fingerprint density at radius 2 is 1.78 bits per heavy atom. The highest BCUT2D eigenvalue weighted by atomic mass is 16.5. The average Bonchev–Trinajstić information content (AvgIpc) is 2.46. The van der Waals surface area contributed by atoms with Gasteiger partial charge in [0.05, 0.1) is 6.61 Å². The van der Waals surface area contributed by atoms with E-state index in [4.69, 9.17) is 10.5 Å². The third-order valence-electron chi connectivity index (χ3n) is 4.14. The number of nitrogens with two attached hydrogens (primary N) is 1. The van der Waals surface area contributed by atoms with Crippen LogP contribution in [0.15, 0.2) is 24.3 Å². The van der Waals surface area contributed by atoms with Gasteiger partial charge in [-0.3, -0.25) is 0 Å². The smallest absolute Gasteiger partial charge is 0.119 e. The van der Waals surface area contributed by atoms with Crippen molar-refractivity contribution in [2.75, 3.05) is 13.2 Å². The summed E-state index contributed by atoms with van der Waals surface area (Å²) in [5.41, 5.74) is 7.68. The summed E-state index contributed by atoms with van der Waals surface area (Å²) in [6.07, 6.45) is 7.50. The van der Waals surface area contributed by atoms with Gasteiger partial charge in [-0.1, -0.05) is 38.3 Å². The van der Waals surface area contributed by atoms with Gasteiger partial charge in [-0.05, 0) is 37.0 Å². The van der Waals surface area contributed by atoms with Crippen molar-refractivity contribution in [3.63, 3.8) is 0 Å². The molecule has 1 fully saturated rings. The molecule has 0 aromatic heterocycles. The minimum atomic E-state index is 0.224. The second-order valence-corrected chi connectivity index (χ2v) is 5.42. The Labute approximate surface area is 111 Å². The lowest BCUT2D eigenvalue weighted by Crippen LogP contribution is -2.37. The number of rotatable bonds is 5. The number of hydrogen-bond donors (Lipinski definition) is 1. The van der Waals surface area contributed by atoms with Gasteiger partial charge in [-0.2, -0.15) is 0 Å². The third kappa shape index (κ3) is 2.86. The molecule has 2 nitrogen and oxygen atoms in total. The molecule has 1 aromatic rings. The Balaban J connectivity index is 2.11. The van der Waals surface area contributed by atoms with E-state index in [9.17, 15) is 0 Å². The molecule has 1 aliphatic carbocycles. The zero-order valence-corrected chi connectivity index (χ0v) is 11.5. The van der Waals surface area contributed by atoms with Gasteiger partial charge in [0, 0.05) is 12.0 Å². The Bertz CT molecular complexity index is 352. The lowest BCUT2D eigenvalue weighted by molar-refractivity contribution is 0.298. The Kier molecular flexibility index (Phi) is 4.65. The van der Waals surface area contributed by atoms with E-state index in [2.05, 4.69) is 31.2 Å². The molecule has 0 heterocycles. The van der Waals surface area contributed by atoms with Crippen molar-refractivity contribution in [3.05, 3.63) is 29.8 Å². The monoisotopic (exact) mass is 247 g/mol. The number of hydrogen-bond acceptors (Lipinski definition) is 2. The highest BCUT2D eigenvalue weighted by molar-refractivity contribution is 5.33. The first kappa shape index (κ1) is 13.4. The standard InChI is InChI=1S/C16H25NO/c1-2-12-18-15-8-6-14(7-9-15)16(13-17)10-4-3-5-11-16/h6-9H,2-5,10-13,17H2,1H3. The van der Waals surface area contributed by atoms with Gasteiger partial charge in [-0.25, -0.2) is 0 Å². The summed E-state index contributed by atoms with van der Waals surface area (Å²) >= 11 is 0. The van der Waals surface area contributed by atoms with Crippen LogP contribution in [0.1, 0.15) is 51.0 Å². The molecule has 0 spiro atoms. The first-order valence-electron chi connectivity index (χ1n) is 7.24. The zero-order chi connectivity index (χ0) is 12.8. The van der Waals surface area contributed by atoms with Crippen molar-refractivity contribution in [1.29, 1.82) is 0 Å². The molecule has 2 N–H and O–H groups in total. The number of ether oxygens (including phenoxy) is 1. The minimum Gasteiger partial charge on any atom is -0.494 e. The topological polar surface area (TPSA) is 35.2 Å². The van der Waals surface area contributed by atoms with Crippen LogP contribution in [0.4, 0.5) is 0 Å². The van der Waals surface area contributed by atoms with E-state index in [1.807, 2.05) is 0 Å². The van der Waals surface area contributed by atoms with Crippen molar-refractivity contribution >= 4 is 0 Å². The van der Waals surface area contributed by atoms with Crippen LogP contribution in [-0.2, 0) is 5.41 Å². The van der Waals surface area contributed by atoms with Crippen molar-refractivity contribution in [2.24, 2.45) is 5.73 Å². The first-order chi connectivity index (χ1) is 8.80. The normalized spacial score (nSPS) is 18.6. The van der Waals surface area contributed by atoms with Crippen molar-refractivity contribution in [1.82, 2.24) is 0 Å². The zero-order valence-electron chi connectivity index (χ0n) is 11.5. The largest absolute Gasteiger partial charge is 0.494 e. The Morgan fingerprint density at radius 1 is 1.11 bits per heavy atom. The molecule has 100 valence electrons. The van der Waals surface area contributed by atoms with Crippen LogP contribution < -0.4 is 10.5 Å². The predicted octanol–water partition coefficient (Wildman–Crippen LogP) is 3.64. The van der Waals surface area contributed by atoms with Crippen LogP contribution in [-0.4, -0.2) is 13.2 Å². The third-order valence-corrected chi connectivity index (χ3v) is 4.14. The molecule has 0 radical (unpaired) electrons. The fourth-order valence-electron chi connectivity index (χ4n) is 2.96. The molecule has 0 bridgehead atoms. The SMILES string of the molecule is CCCOc1ccc(C2(CN)CCCCC2)cc1. The van der Waals surface area contributed by atoms with Gasteiger partial charge < -0.3 is 10.5 Å². The van der Waals surface area contributed by atoms with E-state index < -0.39 is 0 Å². The van der Waals surface area contributed by atoms with Gasteiger partial charge in [0.2, 0.25) is 0 Å². The van der Waals surface area contributed by atoms with Gasteiger partial charge in [0.15, 0.2) is 0 Å². The average molecular weight is 247 g/mol. The summed E-state index contributed by atoms with van der Waals surface area (Å²) in [5.74, 6) is 0.976. The summed E-state index contributed by atoms with van der Waals surface area (Å²) in [6, 6.07) is 8.61. The van der Waals surface area contributed by atoms with E-state index in [0.717, 1.165) is 25.3 Å².